The first-order valence-corrected chi connectivity index (χ1v) is 5.67. The second-order valence-electron chi connectivity index (χ2n) is 3.59. The Morgan fingerprint density at radius 1 is 1.64 bits per heavy atom. The molecule has 0 saturated heterocycles. The summed E-state index contributed by atoms with van der Waals surface area (Å²) in [4.78, 5) is 4.50. The summed E-state index contributed by atoms with van der Waals surface area (Å²) in [6.07, 6.45) is 0. The van der Waals surface area contributed by atoms with Crippen molar-refractivity contribution in [2.24, 2.45) is 0 Å². The maximum Gasteiger partial charge on any atom is 0.115 e. The number of likely N-dealkylation sites (N-methyl/N-ethyl adjacent to an activating group) is 1. The average molecular weight is 214 g/mol. The second kappa shape index (κ2) is 4.87. The highest BCUT2D eigenvalue weighted by molar-refractivity contribution is 7.09. The summed E-state index contributed by atoms with van der Waals surface area (Å²) in [7, 11) is 1.72. The first-order chi connectivity index (χ1) is 6.62. The maximum atomic E-state index is 5.23. The molecule has 1 rings (SSSR count). The molecule has 0 aromatic carbocycles. The lowest BCUT2D eigenvalue weighted by Gasteiger charge is -2.27. The third-order valence-electron chi connectivity index (χ3n) is 2.09. The molecule has 0 aliphatic rings. The number of hydrogen-bond donors (Lipinski definition) is 1. The van der Waals surface area contributed by atoms with E-state index in [1.807, 2.05) is 6.92 Å². The Morgan fingerprint density at radius 2 is 2.36 bits per heavy atom. The van der Waals surface area contributed by atoms with Gasteiger partial charge < -0.3 is 10.1 Å². The first kappa shape index (κ1) is 11.6. The Labute approximate surface area is 89.5 Å². The van der Waals surface area contributed by atoms with E-state index in [4.69, 9.17) is 4.74 Å². The minimum atomic E-state index is -0.150. The van der Waals surface area contributed by atoms with Crippen LogP contribution in [0.2, 0.25) is 0 Å². The summed E-state index contributed by atoms with van der Waals surface area (Å²) in [5.41, 5.74) is 0.924. The van der Waals surface area contributed by atoms with E-state index in [0.717, 1.165) is 17.2 Å². The molecule has 0 fully saturated rings. The van der Waals surface area contributed by atoms with Gasteiger partial charge in [-0.15, -0.1) is 11.3 Å². The smallest absolute Gasteiger partial charge is 0.115 e. The van der Waals surface area contributed by atoms with Gasteiger partial charge in [-0.3, -0.25) is 0 Å². The van der Waals surface area contributed by atoms with Crippen LogP contribution >= 0.6 is 11.3 Å². The SMILES string of the molecule is CCNC(C)(COC)c1nc(C)cs1. The van der Waals surface area contributed by atoms with Crippen LogP contribution in [0.25, 0.3) is 0 Å². The summed E-state index contributed by atoms with van der Waals surface area (Å²) in [6, 6.07) is 0. The molecular formula is C10H18N2OS. The van der Waals surface area contributed by atoms with Crippen molar-refractivity contribution >= 4 is 11.3 Å². The molecule has 4 heteroatoms. The van der Waals surface area contributed by atoms with E-state index in [9.17, 15) is 0 Å². The fourth-order valence-corrected chi connectivity index (χ4v) is 2.40. The molecule has 1 atom stereocenters. The van der Waals surface area contributed by atoms with E-state index in [1.54, 1.807) is 18.4 Å². The lowest BCUT2D eigenvalue weighted by Crippen LogP contribution is -2.43. The maximum absolute atomic E-state index is 5.23. The van der Waals surface area contributed by atoms with Gasteiger partial charge in [0.25, 0.3) is 0 Å². The van der Waals surface area contributed by atoms with Crippen molar-refractivity contribution in [3.05, 3.63) is 16.1 Å². The molecule has 3 nitrogen and oxygen atoms in total. The summed E-state index contributed by atoms with van der Waals surface area (Å²) in [5.74, 6) is 0. The molecule has 1 N–H and O–H groups in total. The van der Waals surface area contributed by atoms with Crippen LogP contribution in [-0.2, 0) is 10.3 Å². The summed E-state index contributed by atoms with van der Waals surface area (Å²) >= 11 is 1.68. The van der Waals surface area contributed by atoms with Crippen LogP contribution in [0.1, 0.15) is 24.5 Å². The predicted molar refractivity (Wildman–Crippen MR) is 59.8 cm³/mol. The molecule has 1 heterocycles. The molecule has 0 bridgehead atoms. The van der Waals surface area contributed by atoms with E-state index in [-0.39, 0.29) is 5.54 Å². The molecule has 0 spiro atoms. The summed E-state index contributed by atoms with van der Waals surface area (Å²) in [6.45, 7) is 7.79. The molecule has 0 amide bonds. The highest BCUT2D eigenvalue weighted by atomic mass is 32.1. The number of aromatic nitrogens is 1. The number of nitrogens with zero attached hydrogens (tertiary/aromatic N) is 1. The summed E-state index contributed by atoms with van der Waals surface area (Å²) < 4.78 is 5.23. The normalized spacial score (nSPS) is 15.4. The van der Waals surface area contributed by atoms with Crippen molar-refractivity contribution in [2.75, 3.05) is 20.3 Å². The van der Waals surface area contributed by atoms with Gasteiger partial charge in [-0.25, -0.2) is 4.98 Å². The molecule has 0 radical (unpaired) electrons. The monoisotopic (exact) mass is 214 g/mol. The van der Waals surface area contributed by atoms with Crippen LogP contribution in [0.3, 0.4) is 0 Å². The standard InChI is InChI=1S/C10H18N2OS/c1-5-11-10(3,7-13-4)9-12-8(2)6-14-9/h6,11H,5,7H2,1-4H3. The number of nitrogens with one attached hydrogen (secondary N) is 1. The largest absolute Gasteiger partial charge is 0.382 e. The Balaban J connectivity index is 2.86. The van der Waals surface area contributed by atoms with Crippen LogP contribution in [0, 0.1) is 6.92 Å². The van der Waals surface area contributed by atoms with Crippen molar-refractivity contribution in [2.45, 2.75) is 26.3 Å². The zero-order valence-corrected chi connectivity index (χ0v) is 10.1. The zero-order chi connectivity index (χ0) is 10.6. The fraction of sp³-hybridized carbons (Fsp3) is 0.700. The van der Waals surface area contributed by atoms with Crippen molar-refractivity contribution in [3.8, 4) is 0 Å². The second-order valence-corrected chi connectivity index (χ2v) is 4.45. The number of ether oxygens (including phenoxy) is 1. The number of rotatable bonds is 5. The quantitative estimate of drug-likeness (QED) is 0.813. The van der Waals surface area contributed by atoms with Crippen molar-refractivity contribution < 1.29 is 4.74 Å². The topological polar surface area (TPSA) is 34.1 Å². The lowest BCUT2D eigenvalue weighted by atomic mass is 10.1. The van der Waals surface area contributed by atoms with E-state index in [0.29, 0.717) is 6.61 Å². The average Bonchev–Trinajstić information content (AvgIpc) is 2.53. The van der Waals surface area contributed by atoms with Crippen LogP contribution in [0.5, 0.6) is 0 Å². The van der Waals surface area contributed by atoms with E-state index in [2.05, 4.69) is 29.5 Å². The minimum absolute atomic E-state index is 0.150. The molecular weight excluding hydrogens is 196 g/mol. The third kappa shape index (κ3) is 2.53. The highest BCUT2D eigenvalue weighted by Gasteiger charge is 2.28. The van der Waals surface area contributed by atoms with Crippen molar-refractivity contribution in [1.29, 1.82) is 0 Å². The van der Waals surface area contributed by atoms with Gasteiger partial charge in [0.2, 0.25) is 0 Å². The Morgan fingerprint density at radius 3 is 2.79 bits per heavy atom. The highest BCUT2D eigenvalue weighted by Crippen LogP contribution is 2.24. The molecule has 0 saturated carbocycles. The van der Waals surface area contributed by atoms with Gasteiger partial charge >= 0.3 is 0 Å². The van der Waals surface area contributed by atoms with E-state index >= 15 is 0 Å². The third-order valence-corrected chi connectivity index (χ3v) is 3.32. The van der Waals surface area contributed by atoms with Gasteiger partial charge in [0, 0.05) is 18.2 Å². The van der Waals surface area contributed by atoms with Crippen LogP contribution in [0.4, 0.5) is 0 Å². The molecule has 0 aliphatic heterocycles. The first-order valence-electron chi connectivity index (χ1n) is 4.79. The number of methoxy groups -OCH3 is 1. The zero-order valence-electron chi connectivity index (χ0n) is 9.26. The number of aryl methyl sites for hydroxylation is 1. The van der Waals surface area contributed by atoms with Crippen molar-refractivity contribution in [3.63, 3.8) is 0 Å². The molecule has 1 unspecified atom stereocenters. The molecule has 1 aromatic rings. The minimum Gasteiger partial charge on any atom is -0.382 e. The van der Waals surface area contributed by atoms with Gasteiger partial charge in [-0.05, 0) is 20.4 Å². The Hall–Kier alpha value is -0.450. The van der Waals surface area contributed by atoms with Crippen LogP contribution < -0.4 is 5.32 Å². The fourth-order valence-electron chi connectivity index (χ4n) is 1.47. The van der Waals surface area contributed by atoms with Gasteiger partial charge in [0.15, 0.2) is 0 Å². The Bertz CT molecular complexity index is 279. The van der Waals surface area contributed by atoms with Gasteiger partial charge in [-0.2, -0.15) is 0 Å². The number of thiazole rings is 1. The van der Waals surface area contributed by atoms with Gasteiger partial charge in [0.1, 0.15) is 5.01 Å². The van der Waals surface area contributed by atoms with E-state index < -0.39 is 0 Å². The Kier molecular flexibility index (Phi) is 4.04. The molecule has 80 valence electrons. The molecule has 14 heavy (non-hydrogen) atoms. The van der Waals surface area contributed by atoms with Crippen LogP contribution in [-0.4, -0.2) is 25.2 Å². The molecule has 0 aliphatic carbocycles. The summed E-state index contributed by atoms with van der Waals surface area (Å²) in [5, 5.41) is 6.58. The molecule has 1 aromatic heterocycles. The van der Waals surface area contributed by atoms with Gasteiger partial charge in [0.05, 0.1) is 12.1 Å². The van der Waals surface area contributed by atoms with Crippen molar-refractivity contribution in [1.82, 2.24) is 10.3 Å². The predicted octanol–water partition coefficient (Wildman–Crippen LogP) is 1.92. The van der Waals surface area contributed by atoms with E-state index in [1.165, 1.54) is 0 Å². The lowest BCUT2D eigenvalue weighted by molar-refractivity contribution is 0.119. The van der Waals surface area contributed by atoms with Crippen LogP contribution in [0.15, 0.2) is 5.38 Å². The number of hydrogen-bond acceptors (Lipinski definition) is 4. The van der Waals surface area contributed by atoms with Gasteiger partial charge in [-0.1, -0.05) is 6.92 Å².